The lowest BCUT2D eigenvalue weighted by atomic mass is 9.93. The molecule has 0 aliphatic carbocycles. The van der Waals surface area contributed by atoms with Gasteiger partial charge >= 0.3 is 12.5 Å². The normalized spacial score (nSPS) is 11.8. The third-order valence-corrected chi connectivity index (χ3v) is 5.21. The second kappa shape index (κ2) is 13.0. The number of allylic oxidation sites excluding steroid dienone is 2. The summed E-state index contributed by atoms with van der Waals surface area (Å²) in [5, 5.41) is 0. The minimum Gasteiger partial charge on any atom is -0.457 e. The third kappa shape index (κ3) is 8.23. The van der Waals surface area contributed by atoms with Crippen LogP contribution in [0.3, 0.4) is 0 Å². The van der Waals surface area contributed by atoms with Crippen LogP contribution in [-0.2, 0) is 14.2 Å². The summed E-state index contributed by atoms with van der Waals surface area (Å²) in [6, 6.07) is 13.1. The van der Waals surface area contributed by atoms with Gasteiger partial charge in [0, 0.05) is 11.6 Å². The van der Waals surface area contributed by atoms with E-state index in [9.17, 15) is 22.4 Å². The molecule has 11 heteroatoms. The van der Waals surface area contributed by atoms with E-state index < -0.39 is 36.7 Å². The summed E-state index contributed by atoms with van der Waals surface area (Å²) >= 11 is 0. The van der Waals surface area contributed by atoms with Gasteiger partial charge in [-0.2, -0.15) is 0 Å². The zero-order chi connectivity index (χ0) is 29.4. The molecular weight excluding hydrogens is 539 g/mol. The molecule has 3 rings (SSSR count). The lowest BCUT2D eigenvalue weighted by Gasteiger charge is -2.20. The number of rotatable bonds is 10. The molecule has 0 aliphatic rings. The fourth-order valence-electron chi connectivity index (χ4n) is 3.66. The first kappa shape index (κ1) is 30.0. The van der Waals surface area contributed by atoms with Crippen molar-refractivity contribution in [1.82, 2.24) is 0 Å². The highest BCUT2D eigenvalue weighted by molar-refractivity contribution is 5.96. The van der Waals surface area contributed by atoms with E-state index in [4.69, 9.17) is 18.9 Å². The van der Waals surface area contributed by atoms with E-state index >= 15 is 4.39 Å². The number of carbonyl (C=O) groups is 1. The average molecular weight is 565 g/mol. The van der Waals surface area contributed by atoms with E-state index in [-0.39, 0.29) is 29.2 Å². The Labute approximate surface area is 227 Å². The van der Waals surface area contributed by atoms with Crippen molar-refractivity contribution in [3.63, 3.8) is 0 Å². The van der Waals surface area contributed by atoms with E-state index in [1.165, 1.54) is 19.1 Å². The summed E-state index contributed by atoms with van der Waals surface area (Å²) in [6.45, 7) is 8.14. The second-order valence-corrected chi connectivity index (χ2v) is 8.30. The molecule has 0 saturated carbocycles. The van der Waals surface area contributed by atoms with Crippen molar-refractivity contribution in [1.29, 1.82) is 0 Å². The molecule has 0 atom stereocenters. The molecule has 212 valence electrons. The molecule has 0 aliphatic heterocycles. The predicted molar refractivity (Wildman–Crippen MR) is 136 cm³/mol. The summed E-state index contributed by atoms with van der Waals surface area (Å²) < 4.78 is 90.8. The SMILES string of the molecule is C=C(C)/C(=C(/OCOC(=O)OCC)c1c(C)cc(F)cc1F)c1ccc(Oc2ccc(OC(F)(F)F)cc2)cc1. The average Bonchev–Trinajstić information content (AvgIpc) is 2.84. The van der Waals surface area contributed by atoms with Gasteiger partial charge in [0.05, 0.1) is 12.2 Å². The zero-order valence-corrected chi connectivity index (χ0v) is 21.7. The van der Waals surface area contributed by atoms with Crippen LogP contribution in [0.25, 0.3) is 11.3 Å². The monoisotopic (exact) mass is 564 g/mol. The molecule has 0 aromatic heterocycles. The van der Waals surface area contributed by atoms with Gasteiger partial charge in [0.25, 0.3) is 0 Å². The van der Waals surface area contributed by atoms with Gasteiger partial charge < -0.3 is 23.7 Å². The van der Waals surface area contributed by atoms with Gasteiger partial charge in [0.15, 0.2) is 0 Å². The molecule has 6 nitrogen and oxygen atoms in total. The van der Waals surface area contributed by atoms with Crippen molar-refractivity contribution in [3.8, 4) is 17.2 Å². The van der Waals surface area contributed by atoms with E-state index in [0.29, 0.717) is 28.5 Å². The fourth-order valence-corrected chi connectivity index (χ4v) is 3.66. The summed E-state index contributed by atoms with van der Waals surface area (Å²) in [5.41, 5.74) is 1.45. The number of ether oxygens (including phenoxy) is 5. The number of benzene rings is 3. The second-order valence-electron chi connectivity index (χ2n) is 8.30. The zero-order valence-electron chi connectivity index (χ0n) is 21.7. The van der Waals surface area contributed by atoms with Crippen LogP contribution in [0.4, 0.5) is 26.7 Å². The molecule has 0 saturated heterocycles. The Balaban J connectivity index is 1.95. The number of aryl methyl sites for hydroxylation is 1. The van der Waals surface area contributed by atoms with Crippen LogP contribution in [0.2, 0.25) is 0 Å². The van der Waals surface area contributed by atoms with Crippen LogP contribution in [0.1, 0.15) is 30.5 Å². The predicted octanol–water partition coefficient (Wildman–Crippen LogP) is 8.56. The number of hydrogen-bond acceptors (Lipinski definition) is 6. The smallest absolute Gasteiger partial charge is 0.457 e. The van der Waals surface area contributed by atoms with Crippen LogP contribution in [-0.4, -0.2) is 25.9 Å². The number of hydrogen-bond donors (Lipinski definition) is 0. The van der Waals surface area contributed by atoms with Gasteiger partial charge in [0.1, 0.15) is 34.6 Å². The maximum absolute atomic E-state index is 15.0. The molecule has 3 aromatic rings. The molecule has 0 fully saturated rings. The molecule has 0 heterocycles. The summed E-state index contributed by atoms with van der Waals surface area (Å²) in [6.07, 6.45) is -5.80. The van der Waals surface area contributed by atoms with Crippen molar-refractivity contribution in [3.05, 3.63) is 101 Å². The molecular formula is C29H25F5O6. The Morgan fingerprint density at radius 3 is 1.98 bits per heavy atom. The number of alkyl halides is 3. The van der Waals surface area contributed by atoms with Crippen molar-refractivity contribution < 1.29 is 50.4 Å². The Bertz CT molecular complexity index is 1360. The van der Waals surface area contributed by atoms with Crippen LogP contribution in [0, 0.1) is 18.6 Å². The van der Waals surface area contributed by atoms with Gasteiger partial charge in [-0.3, -0.25) is 0 Å². The molecule has 0 unspecified atom stereocenters. The molecule has 0 spiro atoms. The maximum atomic E-state index is 15.0. The molecule has 0 amide bonds. The minimum absolute atomic E-state index is 0.0549. The Hall–Kier alpha value is -4.54. The lowest BCUT2D eigenvalue weighted by molar-refractivity contribution is -0.274. The Morgan fingerprint density at radius 2 is 1.45 bits per heavy atom. The fraction of sp³-hybridized carbons (Fsp3) is 0.207. The molecule has 0 bridgehead atoms. The summed E-state index contributed by atoms with van der Waals surface area (Å²) in [5.74, 6) is -1.54. The highest BCUT2D eigenvalue weighted by Gasteiger charge is 2.31. The molecule has 0 radical (unpaired) electrons. The highest BCUT2D eigenvalue weighted by Crippen LogP contribution is 2.36. The highest BCUT2D eigenvalue weighted by atomic mass is 19.4. The topological polar surface area (TPSA) is 63.2 Å². The first-order valence-electron chi connectivity index (χ1n) is 11.8. The Morgan fingerprint density at radius 1 is 0.875 bits per heavy atom. The summed E-state index contributed by atoms with van der Waals surface area (Å²) in [4.78, 5) is 11.6. The van der Waals surface area contributed by atoms with E-state index in [2.05, 4.69) is 11.3 Å². The number of carbonyl (C=O) groups excluding carboxylic acids is 1. The molecule has 0 N–H and O–H groups in total. The van der Waals surface area contributed by atoms with Crippen molar-refractivity contribution in [2.24, 2.45) is 0 Å². The first-order valence-corrected chi connectivity index (χ1v) is 11.8. The van der Waals surface area contributed by atoms with Gasteiger partial charge in [-0.25, -0.2) is 13.6 Å². The lowest BCUT2D eigenvalue weighted by Crippen LogP contribution is -2.16. The number of halogens is 5. The maximum Gasteiger partial charge on any atom is 0.573 e. The van der Waals surface area contributed by atoms with Crippen LogP contribution >= 0.6 is 0 Å². The van der Waals surface area contributed by atoms with E-state index in [1.807, 2.05) is 0 Å². The van der Waals surface area contributed by atoms with Gasteiger partial charge in [-0.1, -0.05) is 18.7 Å². The molecule has 3 aromatic carbocycles. The Kier molecular flexibility index (Phi) is 9.76. The van der Waals surface area contributed by atoms with Crippen LogP contribution < -0.4 is 9.47 Å². The first-order chi connectivity index (χ1) is 18.9. The van der Waals surface area contributed by atoms with Crippen LogP contribution in [0.15, 0.2) is 72.8 Å². The molecule has 40 heavy (non-hydrogen) atoms. The van der Waals surface area contributed by atoms with Crippen LogP contribution in [0.5, 0.6) is 17.2 Å². The standard InChI is InChI=1S/C29H25F5O6/c1-5-36-28(35)38-16-37-27(26-18(4)14-20(30)15-24(26)31)25(17(2)3)19-6-8-21(9-7-19)39-22-10-12-23(13-11-22)40-29(32,33)34/h6-15H,2,5,16H2,1,3-4H3/b27-25-. The van der Waals surface area contributed by atoms with Crippen molar-refractivity contribution in [2.75, 3.05) is 13.4 Å². The third-order valence-electron chi connectivity index (χ3n) is 5.21. The van der Waals surface area contributed by atoms with Crippen molar-refractivity contribution in [2.45, 2.75) is 27.1 Å². The minimum atomic E-state index is -4.81. The van der Waals surface area contributed by atoms with Crippen molar-refractivity contribution >= 4 is 17.5 Å². The largest absolute Gasteiger partial charge is 0.573 e. The van der Waals surface area contributed by atoms with E-state index in [0.717, 1.165) is 18.2 Å². The van der Waals surface area contributed by atoms with Gasteiger partial charge in [0.2, 0.25) is 6.79 Å². The summed E-state index contributed by atoms with van der Waals surface area (Å²) in [7, 11) is 0. The van der Waals surface area contributed by atoms with Gasteiger partial charge in [-0.15, -0.1) is 13.2 Å². The van der Waals surface area contributed by atoms with Gasteiger partial charge in [-0.05, 0) is 79.9 Å². The quantitative estimate of drug-likeness (QED) is 0.0614. The van der Waals surface area contributed by atoms with E-state index in [1.54, 1.807) is 38.1 Å².